The third-order valence-electron chi connectivity index (χ3n) is 2.11. The predicted molar refractivity (Wildman–Crippen MR) is 58.6 cm³/mol. The van der Waals surface area contributed by atoms with Gasteiger partial charge in [-0.2, -0.15) is 0 Å². The summed E-state index contributed by atoms with van der Waals surface area (Å²) in [6, 6.07) is 5.74. The lowest BCUT2D eigenvalue weighted by atomic mass is 10.4. The molecule has 78 valence electrons. The third kappa shape index (κ3) is 1.87. The number of nitrogens with zero attached hydrogens (tertiary/aromatic N) is 2. The topological polar surface area (TPSA) is 43.6 Å². The number of imidazole rings is 1. The van der Waals surface area contributed by atoms with Gasteiger partial charge < -0.3 is 9.14 Å². The van der Waals surface area contributed by atoms with Gasteiger partial charge in [-0.1, -0.05) is 6.07 Å². The molecule has 5 heteroatoms. The molecule has 2 rings (SSSR count). The predicted octanol–water partition coefficient (Wildman–Crippen LogP) is 1.81. The van der Waals surface area contributed by atoms with E-state index in [1.165, 1.54) is 7.11 Å². The summed E-state index contributed by atoms with van der Waals surface area (Å²) >= 11 is 3.35. The number of esters is 1. The Balaban J connectivity index is 2.48. The fraction of sp³-hybridized carbons (Fsp3) is 0.200. The summed E-state index contributed by atoms with van der Waals surface area (Å²) in [5.41, 5.74) is 0.941. The van der Waals surface area contributed by atoms with E-state index in [1.807, 2.05) is 28.8 Å². The quantitative estimate of drug-likeness (QED) is 0.781. The molecule has 0 N–H and O–H groups in total. The first kappa shape index (κ1) is 10.2. The average molecular weight is 269 g/mol. The van der Waals surface area contributed by atoms with E-state index < -0.39 is 0 Å². The molecule has 0 amide bonds. The summed E-state index contributed by atoms with van der Waals surface area (Å²) in [6.07, 6.45) is 2.04. The number of hydrogen-bond donors (Lipinski definition) is 0. The van der Waals surface area contributed by atoms with Crippen molar-refractivity contribution in [1.82, 2.24) is 9.38 Å². The van der Waals surface area contributed by atoms with Crippen LogP contribution in [0.2, 0.25) is 0 Å². The van der Waals surface area contributed by atoms with Crippen molar-refractivity contribution in [1.29, 1.82) is 0 Å². The molecule has 0 aromatic carbocycles. The van der Waals surface area contributed by atoms with Gasteiger partial charge in [0.25, 0.3) is 0 Å². The molecule has 0 fully saturated rings. The van der Waals surface area contributed by atoms with Crippen molar-refractivity contribution in [2.24, 2.45) is 0 Å². The number of ether oxygens (including phenoxy) is 1. The van der Waals surface area contributed by atoms with Crippen molar-refractivity contribution in [2.75, 3.05) is 7.11 Å². The van der Waals surface area contributed by atoms with Gasteiger partial charge in [-0.15, -0.1) is 0 Å². The van der Waals surface area contributed by atoms with E-state index in [0.29, 0.717) is 5.82 Å². The van der Waals surface area contributed by atoms with Gasteiger partial charge >= 0.3 is 5.97 Å². The zero-order chi connectivity index (χ0) is 10.8. The number of aromatic nitrogens is 2. The van der Waals surface area contributed by atoms with Crippen LogP contribution in [-0.4, -0.2) is 22.5 Å². The minimum Gasteiger partial charge on any atom is -0.469 e. The number of carbonyl (C=O) groups is 1. The van der Waals surface area contributed by atoms with Gasteiger partial charge in [0.2, 0.25) is 0 Å². The average Bonchev–Trinajstić information content (AvgIpc) is 2.57. The summed E-state index contributed by atoms with van der Waals surface area (Å²) in [5, 5.41) is 0. The first-order chi connectivity index (χ1) is 7.22. The third-order valence-corrected chi connectivity index (χ3v) is 2.69. The summed E-state index contributed by atoms with van der Waals surface area (Å²) in [7, 11) is 1.37. The van der Waals surface area contributed by atoms with Crippen molar-refractivity contribution >= 4 is 27.4 Å². The van der Waals surface area contributed by atoms with Crippen LogP contribution in [0.25, 0.3) is 5.52 Å². The second kappa shape index (κ2) is 4.02. The Morgan fingerprint density at radius 2 is 2.40 bits per heavy atom. The van der Waals surface area contributed by atoms with Crippen LogP contribution in [0, 0.1) is 0 Å². The minimum absolute atomic E-state index is 0.174. The Morgan fingerprint density at radius 1 is 1.60 bits per heavy atom. The number of rotatable bonds is 2. The van der Waals surface area contributed by atoms with Crippen molar-refractivity contribution < 1.29 is 9.53 Å². The van der Waals surface area contributed by atoms with Crippen LogP contribution in [0.4, 0.5) is 0 Å². The number of fused-ring (bicyclic) bond motifs is 1. The molecule has 0 saturated heterocycles. The molecule has 0 spiro atoms. The maximum Gasteiger partial charge on any atom is 0.313 e. The van der Waals surface area contributed by atoms with Gasteiger partial charge in [0, 0.05) is 6.20 Å². The van der Waals surface area contributed by atoms with Crippen LogP contribution >= 0.6 is 15.9 Å². The fourth-order valence-corrected chi connectivity index (χ4v) is 1.91. The fourth-order valence-electron chi connectivity index (χ4n) is 1.39. The number of pyridine rings is 1. The van der Waals surface area contributed by atoms with E-state index in [9.17, 15) is 4.79 Å². The molecule has 0 saturated carbocycles. The van der Waals surface area contributed by atoms with Gasteiger partial charge in [0.15, 0.2) is 0 Å². The van der Waals surface area contributed by atoms with Gasteiger partial charge in [0.1, 0.15) is 16.8 Å². The minimum atomic E-state index is -0.293. The molecule has 0 aliphatic rings. The highest BCUT2D eigenvalue weighted by Gasteiger charge is 2.11. The smallest absolute Gasteiger partial charge is 0.313 e. The van der Waals surface area contributed by atoms with Crippen LogP contribution in [0.3, 0.4) is 0 Å². The standard InChI is InChI=1S/C10H9BrN2O2/c1-15-9(14)6-8-12-10(11)7-4-2-3-5-13(7)8/h2-5H,6H2,1H3. The lowest BCUT2D eigenvalue weighted by molar-refractivity contribution is -0.139. The summed E-state index contributed by atoms with van der Waals surface area (Å²) < 4.78 is 7.20. The zero-order valence-electron chi connectivity index (χ0n) is 8.11. The summed E-state index contributed by atoms with van der Waals surface area (Å²) in [6.45, 7) is 0. The molecule has 0 aliphatic heterocycles. The summed E-state index contributed by atoms with van der Waals surface area (Å²) in [4.78, 5) is 15.4. The molecule has 0 unspecified atom stereocenters. The molecular weight excluding hydrogens is 260 g/mol. The number of carbonyl (C=O) groups excluding carboxylic acids is 1. The second-order valence-electron chi connectivity index (χ2n) is 3.03. The number of methoxy groups -OCH3 is 1. The van der Waals surface area contributed by atoms with E-state index in [-0.39, 0.29) is 12.4 Å². The molecule has 0 atom stereocenters. The Kier molecular flexibility index (Phi) is 2.73. The first-order valence-corrected chi connectivity index (χ1v) is 5.20. The molecular formula is C10H9BrN2O2. The number of hydrogen-bond acceptors (Lipinski definition) is 3. The maximum atomic E-state index is 11.1. The van der Waals surface area contributed by atoms with Crippen molar-refractivity contribution in [3.63, 3.8) is 0 Å². The van der Waals surface area contributed by atoms with Gasteiger partial charge in [0.05, 0.1) is 12.6 Å². The molecule has 2 aromatic heterocycles. The largest absolute Gasteiger partial charge is 0.469 e. The first-order valence-electron chi connectivity index (χ1n) is 4.40. The molecule has 2 heterocycles. The maximum absolute atomic E-state index is 11.1. The Morgan fingerprint density at radius 3 is 3.13 bits per heavy atom. The normalized spacial score (nSPS) is 10.5. The highest BCUT2D eigenvalue weighted by molar-refractivity contribution is 9.10. The Labute approximate surface area is 95.0 Å². The van der Waals surface area contributed by atoms with Gasteiger partial charge in [-0.3, -0.25) is 4.79 Å². The second-order valence-corrected chi connectivity index (χ2v) is 3.78. The molecule has 4 nitrogen and oxygen atoms in total. The SMILES string of the molecule is COC(=O)Cc1nc(Br)c2ccccn12. The Bertz CT molecular complexity index is 507. The monoisotopic (exact) mass is 268 g/mol. The van der Waals surface area contributed by atoms with Crippen molar-refractivity contribution in [3.8, 4) is 0 Å². The molecule has 0 radical (unpaired) electrons. The highest BCUT2D eigenvalue weighted by Crippen LogP contribution is 2.18. The van der Waals surface area contributed by atoms with Crippen LogP contribution in [0.5, 0.6) is 0 Å². The van der Waals surface area contributed by atoms with Gasteiger partial charge in [-0.05, 0) is 28.1 Å². The van der Waals surface area contributed by atoms with E-state index >= 15 is 0 Å². The van der Waals surface area contributed by atoms with E-state index in [2.05, 4.69) is 25.7 Å². The van der Waals surface area contributed by atoms with E-state index in [4.69, 9.17) is 0 Å². The Hall–Kier alpha value is -1.36. The molecule has 2 aromatic rings. The van der Waals surface area contributed by atoms with Crippen LogP contribution < -0.4 is 0 Å². The molecule has 0 bridgehead atoms. The zero-order valence-corrected chi connectivity index (χ0v) is 9.69. The lowest BCUT2D eigenvalue weighted by Gasteiger charge is -1.98. The summed E-state index contributed by atoms with van der Waals surface area (Å²) in [5.74, 6) is 0.377. The highest BCUT2D eigenvalue weighted by atomic mass is 79.9. The van der Waals surface area contributed by atoms with Crippen LogP contribution in [0.1, 0.15) is 5.82 Å². The molecule has 0 aliphatic carbocycles. The molecule has 15 heavy (non-hydrogen) atoms. The van der Waals surface area contributed by atoms with Gasteiger partial charge in [-0.25, -0.2) is 4.98 Å². The van der Waals surface area contributed by atoms with Crippen molar-refractivity contribution in [2.45, 2.75) is 6.42 Å². The lowest BCUT2D eigenvalue weighted by Crippen LogP contribution is -2.07. The van der Waals surface area contributed by atoms with E-state index in [1.54, 1.807) is 0 Å². The van der Waals surface area contributed by atoms with E-state index in [0.717, 1.165) is 10.1 Å². The van der Waals surface area contributed by atoms with Crippen LogP contribution in [-0.2, 0) is 16.0 Å². The van der Waals surface area contributed by atoms with Crippen molar-refractivity contribution in [3.05, 3.63) is 34.8 Å². The number of halogens is 1. The van der Waals surface area contributed by atoms with Crippen LogP contribution in [0.15, 0.2) is 29.0 Å².